The van der Waals surface area contributed by atoms with Crippen molar-refractivity contribution in [1.82, 2.24) is 5.32 Å². The molecule has 6 heteroatoms. The molecule has 0 aliphatic heterocycles. The molecular formula is C17H17N3O3. The summed E-state index contributed by atoms with van der Waals surface area (Å²) >= 11 is 0. The molecule has 23 heavy (non-hydrogen) atoms. The van der Waals surface area contributed by atoms with Crippen LogP contribution in [-0.2, 0) is 9.53 Å². The van der Waals surface area contributed by atoms with Crippen LogP contribution in [0.1, 0.15) is 0 Å². The van der Waals surface area contributed by atoms with Crippen molar-refractivity contribution in [3.05, 3.63) is 48.2 Å². The highest BCUT2D eigenvalue weighted by atomic mass is 16.5. The Morgan fingerprint density at radius 3 is 2.78 bits per heavy atom. The molecule has 0 radical (unpaired) electrons. The maximum atomic E-state index is 12.2. The summed E-state index contributed by atoms with van der Waals surface area (Å²) in [4.78, 5) is 12.2. The van der Waals surface area contributed by atoms with Gasteiger partial charge in [0.25, 0.3) is 5.91 Å². The van der Waals surface area contributed by atoms with Crippen molar-refractivity contribution < 1.29 is 14.6 Å². The summed E-state index contributed by atoms with van der Waals surface area (Å²) in [7, 11) is 1.57. The maximum absolute atomic E-state index is 12.2. The van der Waals surface area contributed by atoms with Crippen molar-refractivity contribution in [2.24, 2.45) is 0 Å². The van der Waals surface area contributed by atoms with Crippen LogP contribution in [0.15, 0.2) is 48.2 Å². The van der Waals surface area contributed by atoms with Crippen LogP contribution < -0.4 is 10.6 Å². The van der Waals surface area contributed by atoms with E-state index in [2.05, 4.69) is 10.6 Å². The molecule has 6 nitrogen and oxygen atoms in total. The van der Waals surface area contributed by atoms with Crippen LogP contribution in [0.5, 0.6) is 5.75 Å². The Morgan fingerprint density at radius 1 is 1.30 bits per heavy atom. The zero-order valence-electron chi connectivity index (χ0n) is 12.7. The molecule has 1 amide bonds. The Kier molecular flexibility index (Phi) is 5.56. The van der Waals surface area contributed by atoms with E-state index in [1.165, 1.54) is 6.20 Å². The standard InChI is InChI=1S/C17H17N3O3/c1-23-9-8-19-11-12(10-18)17(22)20-15-6-2-5-14-13(15)4-3-7-16(14)21/h2-7,11,19,21H,8-9H2,1H3,(H,20,22)/b12-11-. The van der Waals surface area contributed by atoms with Gasteiger partial charge in [0.05, 0.1) is 6.61 Å². The van der Waals surface area contributed by atoms with Crippen LogP contribution in [0.25, 0.3) is 10.8 Å². The van der Waals surface area contributed by atoms with Gasteiger partial charge in [-0.2, -0.15) is 5.26 Å². The second-order valence-corrected chi connectivity index (χ2v) is 4.75. The summed E-state index contributed by atoms with van der Waals surface area (Å²) in [6.45, 7) is 0.969. The summed E-state index contributed by atoms with van der Waals surface area (Å²) in [6, 6.07) is 12.1. The molecule has 0 heterocycles. The first-order valence-corrected chi connectivity index (χ1v) is 7.02. The lowest BCUT2D eigenvalue weighted by molar-refractivity contribution is -0.112. The van der Waals surface area contributed by atoms with Gasteiger partial charge in [-0.05, 0) is 12.1 Å². The van der Waals surface area contributed by atoms with E-state index in [4.69, 9.17) is 10.00 Å². The lowest BCUT2D eigenvalue weighted by Gasteiger charge is -2.09. The number of aromatic hydroxyl groups is 1. The highest BCUT2D eigenvalue weighted by Crippen LogP contribution is 2.29. The molecule has 0 bridgehead atoms. The van der Waals surface area contributed by atoms with E-state index in [1.54, 1.807) is 43.5 Å². The highest BCUT2D eigenvalue weighted by Gasteiger charge is 2.11. The van der Waals surface area contributed by atoms with Gasteiger partial charge in [0, 0.05) is 36.3 Å². The molecule has 0 aromatic heterocycles. The number of methoxy groups -OCH3 is 1. The molecule has 0 aliphatic rings. The summed E-state index contributed by atoms with van der Waals surface area (Å²) < 4.78 is 4.87. The van der Waals surface area contributed by atoms with E-state index < -0.39 is 5.91 Å². The summed E-state index contributed by atoms with van der Waals surface area (Å²) in [5, 5.41) is 25.8. The average Bonchev–Trinajstić information content (AvgIpc) is 2.56. The number of anilines is 1. The average molecular weight is 311 g/mol. The van der Waals surface area contributed by atoms with E-state index in [0.717, 1.165) is 0 Å². The molecule has 0 unspecified atom stereocenters. The molecule has 0 fully saturated rings. The third-order valence-corrected chi connectivity index (χ3v) is 3.21. The Bertz CT molecular complexity index is 778. The van der Waals surface area contributed by atoms with Crippen molar-refractivity contribution in [1.29, 1.82) is 5.26 Å². The van der Waals surface area contributed by atoms with Crippen molar-refractivity contribution in [2.45, 2.75) is 0 Å². The fraction of sp³-hybridized carbons (Fsp3) is 0.176. The number of fused-ring (bicyclic) bond motifs is 1. The number of hydrogen-bond donors (Lipinski definition) is 3. The molecule has 3 N–H and O–H groups in total. The lowest BCUT2D eigenvalue weighted by Crippen LogP contribution is -2.18. The van der Waals surface area contributed by atoms with E-state index >= 15 is 0 Å². The van der Waals surface area contributed by atoms with Crippen molar-refractivity contribution in [2.75, 3.05) is 25.6 Å². The topological polar surface area (TPSA) is 94.4 Å². The smallest absolute Gasteiger partial charge is 0.267 e. The number of amides is 1. The zero-order valence-corrected chi connectivity index (χ0v) is 12.7. The Labute approximate surface area is 134 Å². The summed E-state index contributed by atoms with van der Waals surface area (Å²) in [6.07, 6.45) is 1.36. The fourth-order valence-corrected chi connectivity index (χ4v) is 2.08. The molecule has 0 aliphatic carbocycles. The van der Waals surface area contributed by atoms with Crippen LogP contribution >= 0.6 is 0 Å². The maximum Gasteiger partial charge on any atom is 0.267 e. The van der Waals surface area contributed by atoms with Gasteiger partial charge < -0.3 is 20.5 Å². The number of carbonyl (C=O) groups excluding carboxylic acids is 1. The highest BCUT2D eigenvalue weighted by molar-refractivity contribution is 6.11. The number of ether oxygens (including phenoxy) is 1. The molecule has 0 saturated carbocycles. The minimum atomic E-state index is -0.520. The van der Waals surface area contributed by atoms with Gasteiger partial charge in [0.1, 0.15) is 17.4 Å². The molecule has 0 spiro atoms. The largest absolute Gasteiger partial charge is 0.507 e. The van der Waals surface area contributed by atoms with Crippen molar-refractivity contribution >= 4 is 22.4 Å². The molecule has 0 saturated heterocycles. The summed E-state index contributed by atoms with van der Waals surface area (Å²) in [5.74, 6) is -0.385. The third kappa shape index (κ3) is 3.99. The van der Waals surface area contributed by atoms with E-state index in [1.807, 2.05) is 6.07 Å². The number of nitriles is 1. The number of rotatable bonds is 6. The van der Waals surface area contributed by atoms with Gasteiger partial charge in [0.15, 0.2) is 0 Å². The Hall–Kier alpha value is -3.04. The minimum Gasteiger partial charge on any atom is -0.507 e. The number of phenols is 1. The predicted molar refractivity (Wildman–Crippen MR) is 87.8 cm³/mol. The second-order valence-electron chi connectivity index (χ2n) is 4.75. The third-order valence-electron chi connectivity index (χ3n) is 3.21. The van der Waals surface area contributed by atoms with Gasteiger partial charge >= 0.3 is 0 Å². The molecule has 2 rings (SSSR count). The zero-order chi connectivity index (χ0) is 16.7. The first-order valence-electron chi connectivity index (χ1n) is 7.02. The summed E-state index contributed by atoms with van der Waals surface area (Å²) in [5.41, 5.74) is 0.486. The number of carbonyl (C=O) groups is 1. The van der Waals surface area contributed by atoms with Gasteiger partial charge in [-0.15, -0.1) is 0 Å². The van der Waals surface area contributed by atoms with Gasteiger partial charge in [-0.3, -0.25) is 4.79 Å². The monoisotopic (exact) mass is 311 g/mol. The fourth-order valence-electron chi connectivity index (χ4n) is 2.08. The van der Waals surface area contributed by atoms with Crippen LogP contribution in [-0.4, -0.2) is 31.3 Å². The molecule has 2 aromatic carbocycles. The van der Waals surface area contributed by atoms with Crippen LogP contribution in [0.2, 0.25) is 0 Å². The van der Waals surface area contributed by atoms with Crippen LogP contribution in [0, 0.1) is 11.3 Å². The quantitative estimate of drug-likeness (QED) is 0.431. The van der Waals surface area contributed by atoms with Gasteiger partial charge in [-0.25, -0.2) is 0 Å². The van der Waals surface area contributed by atoms with Crippen molar-refractivity contribution in [3.63, 3.8) is 0 Å². The van der Waals surface area contributed by atoms with Crippen LogP contribution in [0.4, 0.5) is 5.69 Å². The van der Waals surface area contributed by atoms with E-state index in [9.17, 15) is 9.90 Å². The van der Waals surface area contributed by atoms with Crippen molar-refractivity contribution in [3.8, 4) is 11.8 Å². The van der Waals surface area contributed by atoms with Gasteiger partial charge in [0.2, 0.25) is 0 Å². The Balaban J connectivity index is 2.20. The number of nitrogens with zero attached hydrogens (tertiary/aromatic N) is 1. The van der Waals surface area contributed by atoms with Crippen LogP contribution in [0.3, 0.4) is 0 Å². The molecule has 0 atom stereocenters. The number of phenolic OH excluding ortho intramolecular Hbond substituents is 1. The van der Waals surface area contributed by atoms with E-state index in [-0.39, 0.29) is 11.3 Å². The SMILES string of the molecule is COCCN/C=C(/C#N)C(=O)Nc1cccc2c(O)cccc12. The minimum absolute atomic E-state index is 0.0433. The molecular weight excluding hydrogens is 294 g/mol. The first-order chi connectivity index (χ1) is 11.2. The lowest BCUT2D eigenvalue weighted by atomic mass is 10.1. The number of hydrogen-bond acceptors (Lipinski definition) is 5. The first kappa shape index (κ1) is 16.3. The van der Waals surface area contributed by atoms with E-state index in [0.29, 0.717) is 29.6 Å². The number of benzene rings is 2. The molecule has 118 valence electrons. The Morgan fingerprint density at radius 2 is 2.04 bits per heavy atom. The predicted octanol–water partition coefficient (Wildman–Crippen LogP) is 2.13. The number of nitrogens with one attached hydrogen (secondary N) is 2. The normalized spacial score (nSPS) is 11.0. The van der Waals surface area contributed by atoms with Gasteiger partial charge in [-0.1, -0.05) is 24.3 Å². The molecule has 2 aromatic rings. The second kappa shape index (κ2) is 7.82.